The second-order valence-electron chi connectivity index (χ2n) is 9.55. The van der Waals surface area contributed by atoms with Crippen LogP contribution in [0.25, 0.3) is 0 Å². The summed E-state index contributed by atoms with van der Waals surface area (Å²) in [5, 5.41) is 3.47. The van der Waals surface area contributed by atoms with Crippen LogP contribution in [-0.4, -0.2) is 44.2 Å². The fourth-order valence-electron chi connectivity index (χ4n) is 6.38. The molecule has 0 aliphatic heterocycles. The van der Waals surface area contributed by atoms with Gasteiger partial charge < -0.3 is 14.8 Å². The van der Waals surface area contributed by atoms with Crippen molar-refractivity contribution < 1.29 is 14.3 Å². The number of hydrogen-bond donors (Lipinski definition) is 1. The molecular weight excluding hydrogens is 352 g/mol. The number of likely N-dealkylation sites (N-methyl/N-ethyl adjacent to an activating group) is 1. The van der Waals surface area contributed by atoms with Gasteiger partial charge in [0.25, 0.3) is 0 Å². The first-order valence-corrected chi connectivity index (χ1v) is 10.6. The molecule has 0 heterocycles. The van der Waals surface area contributed by atoms with Gasteiger partial charge in [0, 0.05) is 12.1 Å². The maximum absolute atomic E-state index is 12.8. The molecule has 1 aromatic carbocycles. The number of methoxy groups -OCH3 is 2. The standard InChI is InChI=1S/C23H34N2O3/c1-15-5-20(27-3)21(28-4)9-19(15)13-25(2)14-22(26)24-23-10-16-6-17(11-23)8-18(7-16)12-23/h5,9,16-18H,6-8,10-14H2,1-4H3,(H,24,26). The number of ether oxygens (including phenoxy) is 2. The van der Waals surface area contributed by atoms with Crippen LogP contribution in [0, 0.1) is 24.7 Å². The van der Waals surface area contributed by atoms with E-state index < -0.39 is 0 Å². The molecule has 5 nitrogen and oxygen atoms in total. The van der Waals surface area contributed by atoms with Crippen molar-refractivity contribution in [2.24, 2.45) is 17.8 Å². The summed E-state index contributed by atoms with van der Waals surface area (Å²) in [7, 11) is 5.31. The number of carbonyl (C=O) groups excluding carboxylic acids is 1. The minimum absolute atomic E-state index is 0.0892. The molecule has 28 heavy (non-hydrogen) atoms. The van der Waals surface area contributed by atoms with Gasteiger partial charge in [0.1, 0.15) is 0 Å². The Morgan fingerprint density at radius 3 is 2.14 bits per heavy atom. The van der Waals surface area contributed by atoms with Crippen molar-refractivity contribution in [2.45, 2.75) is 57.5 Å². The molecule has 0 atom stereocenters. The summed E-state index contributed by atoms with van der Waals surface area (Å²) in [6, 6.07) is 4.01. The van der Waals surface area contributed by atoms with E-state index in [1.807, 2.05) is 19.2 Å². The van der Waals surface area contributed by atoms with E-state index in [0.717, 1.165) is 40.4 Å². The fraction of sp³-hybridized carbons (Fsp3) is 0.696. The van der Waals surface area contributed by atoms with Crippen LogP contribution in [-0.2, 0) is 11.3 Å². The molecule has 4 fully saturated rings. The number of nitrogens with zero attached hydrogens (tertiary/aromatic N) is 1. The van der Waals surface area contributed by atoms with Crippen LogP contribution >= 0.6 is 0 Å². The highest BCUT2D eigenvalue weighted by Crippen LogP contribution is 2.55. The van der Waals surface area contributed by atoms with Gasteiger partial charge in [-0.25, -0.2) is 0 Å². The number of nitrogens with one attached hydrogen (secondary N) is 1. The number of aryl methyl sites for hydroxylation is 1. The highest BCUT2D eigenvalue weighted by molar-refractivity contribution is 5.79. The van der Waals surface area contributed by atoms with Crippen LogP contribution in [0.15, 0.2) is 12.1 Å². The number of rotatable bonds is 7. The second-order valence-corrected chi connectivity index (χ2v) is 9.55. The summed E-state index contributed by atoms with van der Waals surface area (Å²) >= 11 is 0. The van der Waals surface area contributed by atoms with Gasteiger partial charge in [-0.2, -0.15) is 0 Å². The van der Waals surface area contributed by atoms with Crippen LogP contribution in [0.5, 0.6) is 11.5 Å². The molecular formula is C23H34N2O3. The van der Waals surface area contributed by atoms with E-state index in [1.54, 1.807) is 14.2 Å². The first-order chi connectivity index (χ1) is 13.4. The summed E-state index contributed by atoms with van der Waals surface area (Å²) in [6.07, 6.45) is 7.78. The lowest BCUT2D eigenvalue weighted by atomic mass is 9.53. The zero-order chi connectivity index (χ0) is 19.9. The van der Waals surface area contributed by atoms with Crippen LogP contribution in [0.2, 0.25) is 0 Å². The predicted molar refractivity (Wildman–Crippen MR) is 110 cm³/mol. The Kier molecular flexibility index (Phi) is 5.30. The molecule has 0 radical (unpaired) electrons. The number of hydrogen-bond acceptors (Lipinski definition) is 4. The van der Waals surface area contributed by atoms with Crippen molar-refractivity contribution in [1.82, 2.24) is 10.2 Å². The Balaban J connectivity index is 1.36. The molecule has 4 saturated carbocycles. The summed E-state index contributed by atoms with van der Waals surface area (Å²) in [5.41, 5.74) is 2.39. The van der Waals surface area contributed by atoms with Gasteiger partial charge in [-0.3, -0.25) is 9.69 Å². The lowest BCUT2D eigenvalue weighted by Gasteiger charge is -2.57. The van der Waals surface area contributed by atoms with E-state index in [1.165, 1.54) is 38.5 Å². The average molecular weight is 387 g/mol. The van der Waals surface area contributed by atoms with Crippen molar-refractivity contribution in [3.63, 3.8) is 0 Å². The molecule has 4 aliphatic rings. The Labute approximate surface area is 168 Å². The Morgan fingerprint density at radius 2 is 1.61 bits per heavy atom. The molecule has 0 aromatic heterocycles. The largest absolute Gasteiger partial charge is 0.493 e. The molecule has 154 valence electrons. The number of carbonyl (C=O) groups is 1. The Hall–Kier alpha value is -1.75. The summed E-state index contributed by atoms with van der Waals surface area (Å²) in [6.45, 7) is 3.21. The van der Waals surface area contributed by atoms with E-state index in [9.17, 15) is 4.79 Å². The highest BCUT2D eigenvalue weighted by atomic mass is 16.5. The van der Waals surface area contributed by atoms with Crippen molar-refractivity contribution in [3.05, 3.63) is 23.3 Å². The predicted octanol–water partition coefficient (Wildman–Crippen LogP) is 3.53. The van der Waals surface area contributed by atoms with E-state index in [0.29, 0.717) is 13.1 Å². The van der Waals surface area contributed by atoms with E-state index in [4.69, 9.17) is 9.47 Å². The van der Waals surface area contributed by atoms with E-state index in [-0.39, 0.29) is 11.4 Å². The van der Waals surface area contributed by atoms with Crippen molar-refractivity contribution in [2.75, 3.05) is 27.8 Å². The summed E-state index contributed by atoms with van der Waals surface area (Å²) < 4.78 is 10.8. The van der Waals surface area contributed by atoms with Gasteiger partial charge in [-0.1, -0.05) is 0 Å². The van der Waals surface area contributed by atoms with Gasteiger partial charge in [-0.15, -0.1) is 0 Å². The van der Waals surface area contributed by atoms with Crippen LogP contribution in [0.4, 0.5) is 0 Å². The van der Waals surface area contributed by atoms with Crippen molar-refractivity contribution >= 4 is 5.91 Å². The summed E-state index contributed by atoms with van der Waals surface area (Å²) in [5.74, 6) is 4.18. The molecule has 0 unspecified atom stereocenters. The van der Waals surface area contributed by atoms with Gasteiger partial charge in [0.15, 0.2) is 11.5 Å². The third-order valence-corrected chi connectivity index (χ3v) is 7.14. The van der Waals surface area contributed by atoms with Crippen molar-refractivity contribution in [3.8, 4) is 11.5 Å². The molecule has 0 spiro atoms. The minimum atomic E-state index is 0.0892. The van der Waals surface area contributed by atoms with Gasteiger partial charge in [0.05, 0.1) is 20.8 Å². The SMILES string of the molecule is COc1cc(C)c(CN(C)CC(=O)NC23CC4CC(CC(C4)C2)C3)cc1OC. The van der Waals surface area contributed by atoms with Crippen LogP contribution in [0.1, 0.15) is 49.7 Å². The van der Waals surface area contributed by atoms with Gasteiger partial charge in [-0.05, 0) is 93.5 Å². The average Bonchev–Trinajstić information content (AvgIpc) is 2.61. The van der Waals surface area contributed by atoms with E-state index >= 15 is 0 Å². The third kappa shape index (κ3) is 3.86. The molecule has 1 N–H and O–H groups in total. The maximum Gasteiger partial charge on any atom is 0.234 e. The van der Waals surface area contributed by atoms with E-state index in [2.05, 4.69) is 17.1 Å². The highest BCUT2D eigenvalue weighted by Gasteiger charge is 2.51. The second kappa shape index (κ2) is 7.58. The molecule has 4 aliphatic carbocycles. The lowest BCUT2D eigenvalue weighted by Crippen LogP contribution is -2.60. The number of amides is 1. The zero-order valence-corrected chi connectivity index (χ0v) is 17.7. The molecule has 4 bridgehead atoms. The normalized spacial score (nSPS) is 30.5. The first kappa shape index (κ1) is 19.6. The third-order valence-electron chi connectivity index (χ3n) is 7.14. The topological polar surface area (TPSA) is 50.8 Å². The van der Waals surface area contributed by atoms with Crippen LogP contribution in [0.3, 0.4) is 0 Å². The minimum Gasteiger partial charge on any atom is -0.493 e. The fourth-order valence-corrected chi connectivity index (χ4v) is 6.38. The quantitative estimate of drug-likeness (QED) is 0.779. The van der Waals surface area contributed by atoms with Crippen molar-refractivity contribution in [1.29, 1.82) is 0 Å². The Bertz CT molecular complexity index is 710. The number of benzene rings is 1. The van der Waals surface area contributed by atoms with Gasteiger partial charge in [0.2, 0.25) is 5.91 Å². The first-order valence-electron chi connectivity index (χ1n) is 10.6. The molecule has 5 heteroatoms. The van der Waals surface area contributed by atoms with Crippen LogP contribution < -0.4 is 14.8 Å². The molecule has 5 rings (SSSR count). The zero-order valence-electron chi connectivity index (χ0n) is 17.7. The summed E-state index contributed by atoms with van der Waals surface area (Å²) in [4.78, 5) is 14.9. The van der Waals surface area contributed by atoms with Gasteiger partial charge >= 0.3 is 0 Å². The monoisotopic (exact) mass is 386 g/mol. The lowest BCUT2D eigenvalue weighted by molar-refractivity contribution is -0.127. The molecule has 1 amide bonds. The Morgan fingerprint density at radius 1 is 1.07 bits per heavy atom. The smallest absolute Gasteiger partial charge is 0.234 e. The molecule has 0 saturated heterocycles. The molecule has 1 aromatic rings. The maximum atomic E-state index is 12.8.